The molecule has 0 spiro atoms. The molecule has 0 N–H and O–H groups in total. The topological polar surface area (TPSA) is 80.8 Å². The molecule has 550 valence electrons. The molecular weight excluding hydrogens is 1370 g/mol. The van der Waals surface area contributed by atoms with Crippen LogP contribution >= 0.6 is 79.4 Å². The van der Waals surface area contributed by atoms with Crippen molar-refractivity contribution in [1.82, 2.24) is 0 Å². The lowest BCUT2D eigenvalue weighted by molar-refractivity contribution is -0.138. The van der Waals surface area contributed by atoms with E-state index < -0.39 is 11.9 Å². The Morgan fingerprint density at radius 3 is 0.891 bits per heavy atom. The summed E-state index contributed by atoms with van der Waals surface area (Å²) in [6.45, 7) is 25.8. The van der Waals surface area contributed by atoms with Gasteiger partial charge in [0, 0.05) is 68.3 Å². The molecule has 6 nitrogen and oxygen atoms in total. The van der Waals surface area contributed by atoms with Gasteiger partial charge in [0.05, 0.1) is 19.8 Å². The van der Waals surface area contributed by atoms with E-state index >= 15 is 0 Å². The summed E-state index contributed by atoms with van der Waals surface area (Å²) in [4.78, 5) is 48.0. The zero-order valence-corrected chi connectivity index (χ0v) is 69.0. The van der Waals surface area contributed by atoms with Crippen LogP contribution in [0.1, 0.15) is 330 Å². The SMILES string of the molecule is [C-]#[N+]/C(=C\c1cc(CCCCCCCC)c(-c2cc(CCCCCCCC)c(-c3cc(CCCCCCCC)c(-c4ccc(-c5sc(-c6sc(-c7sc(/C=C(\C#N)C(=O)OCC)cc7CCCCCCCC)cc6CCCCCCCC)cc5CCCCCCCC)s4)s3)s2)s1)C(=O)OCC. The molecule has 0 bridgehead atoms. The Morgan fingerprint density at radius 2 is 0.604 bits per heavy atom. The van der Waals surface area contributed by atoms with Gasteiger partial charge in [-0.05, 0) is 185 Å². The Morgan fingerprint density at radius 1 is 0.347 bits per heavy atom. The van der Waals surface area contributed by atoms with Crippen LogP contribution in [0.15, 0.2) is 59.8 Å². The van der Waals surface area contributed by atoms with Gasteiger partial charge in [-0.3, -0.25) is 4.79 Å². The van der Waals surface area contributed by atoms with Gasteiger partial charge < -0.3 is 9.47 Å². The lowest BCUT2D eigenvalue weighted by Crippen LogP contribution is -2.05. The molecule has 0 radical (unpaired) electrons. The second-order valence-electron chi connectivity index (χ2n) is 27.9. The first-order valence-electron chi connectivity index (χ1n) is 40.0. The van der Waals surface area contributed by atoms with Crippen molar-refractivity contribution >= 4 is 103 Å². The fourth-order valence-corrected chi connectivity index (χ4v) is 22.7. The lowest BCUT2D eigenvalue weighted by atomic mass is 10.0. The third-order valence-electron chi connectivity index (χ3n) is 19.4. The highest BCUT2D eigenvalue weighted by Gasteiger charge is 2.26. The number of nitriles is 1. The van der Waals surface area contributed by atoms with Crippen molar-refractivity contribution in [2.45, 2.75) is 325 Å². The molecule has 0 saturated carbocycles. The largest absolute Gasteiger partial charge is 0.471 e. The van der Waals surface area contributed by atoms with E-state index in [2.05, 4.69) is 101 Å². The summed E-state index contributed by atoms with van der Waals surface area (Å²) in [5.41, 5.74) is 8.64. The first kappa shape index (κ1) is 83.6. The molecule has 0 atom stereocenters. The van der Waals surface area contributed by atoms with Gasteiger partial charge in [0.25, 0.3) is 5.70 Å². The highest BCUT2D eigenvalue weighted by Crippen LogP contribution is 2.53. The summed E-state index contributed by atoms with van der Waals surface area (Å²) in [5.74, 6) is -1.11. The molecule has 7 rings (SSSR count). The van der Waals surface area contributed by atoms with E-state index in [0.717, 1.165) is 61.1 Å². The van der Waals surface area contributed by atoms with Gasteiger partial charge in [-0.1, -0.05) is 234 Å². The number of esters is 2. The number of hydrogen-bond acceptors (Lipinski definition) is 12. The maximum Gasteiger partial charge on any atom is 0.348 e. The van der Waals surface area contributed by atoms with E-state index in [0.29, 0.717) is 0 Å². The number of rotatable bonds is 54. The minimum absolute atomic E-state index is 0.0401. The average Bonchev–Trinajstić information content (AvgIpc) is 1.63. The first-order valence-corrected chi connectivity index (χ1v) is 45.7. The molecule has 0 saturated heterocycles. The van der Waals surface area contributed by atoms with Gasteiger partial charge >= 0.3 is 11.9 Å². The van der Waals surface area contributed by atoms with Crippen LogP contribution in [0.5, 0.6) is 0 Å². The minimum atomic E-state index is -0.556. The Labute approximate surface area is 639 Å². The summed E-state index contributed by atoms with van der Waals surface area (Å²) in [6, 6.07) is 21.9. The quantitative estimate of drug-likeness (QED) is 0.0125. The smallest absolute Gasteiger partial charge is 0.348 e. The monoisotopic (exact) mass is 1490 g/mol. The first-order chi connectivity index (χ1) is 49.5. The molecule has 13 heteroatoms. The van der Waals surface area contributed by atoms with Gasteiger partial charge in [-0.2, -0.15) is 5.26 Å². The predicted octanol–water partition coefficient (Wildman–Crippen LogP) is 30.8. The number of carbonyl (C=O) groups is 2. The van der Waals surface area contributed by atoms with Crippen LogP contribution in [-0.2, 0) is 57.6 Å². The number of carbonyl (C=O) groups excluding carboxylic acids is 2. The van der Waals surface area contributed by atoms with Crippen LogP contribution in [0, 0.1) is 17.9 Å². The Bertz CT molecular complexity index is 3450. The highest BCUT2D eigenvalue weighted by molar-refractivity contribution is 7.31. The second kappa shape index (κ2) is 48.4. The summed E-state index contributed by atoms with van der Waals surface area (Å²) in [7, 11) is 0. The van der Waals surface area contributed by atoms with Crippen LogP contribution in [0.4, 0.5) is 0 Å². The number of aryl methyl sites for hydroxylation is 6. The van der Waals surface area contributed by atoms with Crippen LogP contribution in [-0.4, -0.2) is 25.2 Å². The Kier molecular flexibility index (Phi) is 40.1. The molecule has 0 aliphatic heterocycles. The summed E-state index contributed by atoms with van der Waals surface area (Å²) >= 11 is 13.5. The van der Waals surface area contributed by atoms with Gasteiger partial charge in [0.15, 0.2) is 0 Å². The van der Waals surface area contributed by atoms with Gasteiger partial charge in [0.2, 0.25) is 0 Å². The Balaban J connectivity index is 1.34. The summed E-state index contributed by atoms with van der Waals surface area (Å²) in [6.07, 6.45) is 54.7. The number of nitrogens with zero attached hydrogens (tertiary/aromatic N) is 2. The van der Waals surface area contributed by atoms with Crippen LogP contribution in [0.25, 0.3) is 75.5 Å². The zero-order chi connectivity index (χ0) is 71.8. The molecule has 0 aliphatic rings. The Hall–Kier alpha value is -4.70. The number of ether oxygens (including phenoxy) is 2. The maximum atomic E-state index is 13.0. The van der Waals surface area contributed by atoms with Crippen molar-refractivity contribution in [3.8, 4) is 64.6 Å². The maximum absolute atomic E-state index is 13.0. The standard InChI is InChI=1S/C88H122N2O4S7/c1-10-18-24-30-36-42-48-65-56-72(58-71(64-89)87(91)93-16-7)95-83(65)77-61-69(52-46-40-34-28-22-14-5)85(100-77)79-59-67(50-44-38-32-26-20-12-3)81(98-79)75-54-55-76(97-75)82-68(51-45-39-33-27-21-13-4)60-80(99-82)86-70(53-47-41-35-29-23-15-6)62-78(101-86)84-66(49-43-37-31-25-19-11-2)57-73(96-84)63-74(90-9)88(92)94-17-8/h54-63H,10-53H2,1-8H3/b71-58+,74-63-. The summed E-state index contributed by atoms with van der Waals surface area (Å²) < 4.78 is 10.7. The van der Waals surface area contributed by atoms with E-state index in [-0.39, 0.29) is 24.5 Å². The van der Waals surface area contributed by atoms with Gasteiger partial charge in [0.1, 0.15) is 11.6 Å². The van der Waals surface area contributed by atoms with Crippen LogP contribution in [0.3, 0.4) is 0 Å². The molecular formula is C88H122N2O4S7. The second-order valence-corrected chi connectivity index (χ2v) is 35.3. The third kappa shape index (κ3) is 27.3. The van der Waals surface area contributed by atoms with Gasteiger partial charge in [-0.15, -0.1) is 79.4 Å². The number of hydrogen-bond donors (Lipinski definition) is 0. The van der Waals surface area contributed by atoms with E-state index in [1.165, 1.54) is 310 Å². The lowest BCUT2D eigenvalue weighted by Gasteiger charge is -2.04. The molecule has 7 aromatic rings. The fourth-order valence-electron chi connectivity index (χ4n) is 13.7. The van der Waals surface area contributed by atoms with Crippen molar-refractivity contribution in [3.05, 3.63) is 114 Å². The average molecular weight is 1500 g/mol. The molecule has 0 amide bonds. The molecule has 7 aromatic heterocycles. The normalized spacial score (nSPS) is 11.9. The molecule has 0 unspecified atom stereocenters. The molecule has 0 fully saturated rings. The van der Waals surface area contributed by atoms with E-state index in [9.17, 15) is 14.9 Å². The van der Waals surface area contributed by atoms with Crippen molar-refractivity contribution in [2.75, 3.05) is 13.2 Å². The number of thiophene rings is 7. The fraction of sp³-hybridized carbons (Fsp3) is 0.591. The third-order valence-corrected chi connectivity index (χ3v) is 28.5. The van der Waals surface area contributed by atoms with Crippen molar-refractivity contribution in [3.63, 3.8) is 0 Å². The zero-order valence-electron chi connectivity index (χ0n) is 63.3. The van der Waals surface area contributed by atoms with Crippen LogP contribution < -0.4 is 0 Å². The van der Waals surface area contributed by atoms with Crippen molar-refractivity contribution in [1.29, 1.82) is 5.26 Å². The minimum Gasteiger partial charge on any atom is -0.471 e. The van der Waals surface area contributed by atoms with E-state index in [1.54, 1.807) is 48.7 Å². The van der Waals surface area contributed by atoms with Crippen molar-refractivity contribution < 1.29 is 19.1 Å². The molecule has 0 aliphatic carbocycles. The summed E-state index contributed by atoms with van der Waals surface area (Å²) in [5, 5.41) is 10.2. The molecule has 0 aromatic carbocycles. The van der Waals surface area contributed by atoms with Crippen LogP contribution in [0.2, 0.25) is 0 Å². The molecule has 101 heavy (non-hydrogen) atoms. The van der Waals surface area contributed by atoms with Gasteiger partial charge in [-0.25, -0.2) is 9.64 Å². The predicted molar refractivity (Wildman–Crippen MR) is 448 cm³/mol. The van der Waals surface area contributed by atoms with E-state index in [1.807, 2.05) is 56.7 Å². The van der Waals surface area contributed by atoms with E-state index in [4.69, 9.17) is 16.0 Å². The van der Waals surface area contributed by atoms with Crippen molar-refractivity contribution in [2.24, 2.45) is 0 Å². The highest BCUT2D eigenvalue weighted by atomic mass is 32.1. The number of unbranched alkanes of at least 4 members (excludes halogenated alkanes) is 30. The molecule has 7 heterocycles.